The van der Waals surface area contributed by atoms with E-state index in [9.17, 15) is 14.4 Å². The Labute approximate surface area is 263 Å². The summed E-state index contributed by atoms with van der Waals surface area (Å²) >= 11 is 2.71. The molecule has 0 radical (unpaired) electrons. The van der Waals surface area contributed by atoms with Crippen LogP contribution in [0.25, 0.3) is 17.3 Å². The zero-order chi connectivity index (χ0) is 30.7. The summed E-state index contributed by atoms with van der Waals surface area (Å²) in [6, 6.07) is 32.7. The van der Waals surface area contributed by atoms with E-state index in [1.54, 1.807) is 49.6 Å². The summed E-state index contributed by atoms with van der Waals surface area (Å²) in [7, 11) is 1.61. The Balaban J connectivity index is 1.17. The van der Waals surface area contributed by atoms with Crippen molar-refractivity contribution in [2.75, 3.05) is 23.5 Å². The Morgan fingerprint density at radius 1 is 0.841 bits per heavy atom. The molecule has 0 spiro atoms. The van der Waals surface area contributed by atoms with Crippen LogP contribution in [0.2, 0.25) is 0 Å². The highest BCUT2D eigenvalue weighted by molar-refractivity contribution is 8.00. The molecule has 0 saturated carbocycles. The van der Waals surface area contributed by atoms with Crippen LogP contribution in [0.15, 0.2) is 125 Å². The fourth-order valence-corrected chi connectivity index (χ4v) is 5.53. The van der Waals surface area contributed by atoms with Gasteiger partial charge in [0.25, 0.3) is 11.8 Å². The van der Waals surface area contributed by atoms with E-state index in [1.807, 2.05) is 78.2 Å². The van der Waals surface area contributed by atoms with Gasteiger partial charge in [-0.1, -0.05) is 60.7 Å². The lowest BCUT2D eigenvalue weighted by molar-refractivity contribution is -0.114. The normalized spacial score (nSPS) is 11.0. The Morgan fingerprint density at radius 2 is 1.52 bits per heavy atom. The molecule has 5 rings (SSSR count). The van der Waals surface area contributed by atoms with Gasteiger partial charge < -0.3 is 20.7 Å². The van der Waals surface area contributed by atoms with Crippen molar-refractivity contribution in [3.8, 4) is 17.0 Å². The molecule has 1 aromatic heterocycles. The molecule has 220 valence electrons. The van der Waals surface area contributed by atoms with E-state index in [1.165, 1.54) is 23.1 Å². The number of benzene rings is 4. The first-order valence-corrected chi connectivity index (χ1v) is 15.4. The van der Waals surface area contributed by atoms with Gasteiger partial charge in [0.15, 0.2) is 5.13 Å². The molecular weight excluding hydrogens is 593 g/mol. The van der Waals surface area contributed by atoms with Crippen LogP contribution < -0.4 is 20.7 Å². The van der Waals surface area contributed by atoms with Crippen LogP contribution in [-0.2, 0) is 9.59 Å². The molecule has 0 aliphatic carbocycles. The van der Waals surface area contributed by atoms with Crippen LogP contribution in [0, 0.1) is 0 Å². The highest BCUT2D eigenvalue weighted by Crippen LogP contribution is 2.32. The van der Waals surface area contributed by atoms with Gasteiger partial charge in [-0.25, -0.2) is 4.98 Å². The number of methoxy groups -OCH3 is 1. The zero-order valence-corrected chi connectivity index (χ0v) is 25.3. The van der Waals surface area contributed by atoms with Crippen molar-refractivity contribution in [2.45, 2.75) is 4.90 Å². The number of carbonyl (C=O) groups is 3. The molecule has 0 fully saturated rings. The first kappa shape index (κ1) is 30.3. The lowest BCUT2D eigenvalue weighted by Crippen LogP contribution is -2.30. The summed E-state index contributed by atoms with van der Waals surface area (Å²) in [5, 5.41) is 10.8. The number of aromatic nitrogens is 1. The zero-order valence-electron chi connectivity index (χ0n) is 23.7. The average molecular weight is 621 g/mol. The topological polar surface area (TPSA) is 109 Å². The van der Waals surface area contributed by atoms with Crippen LogP contribution >= 0.6 is 23.1 Å². The minimum absolute atomic E-state index is 0.108. The van der Waals surface area contributed by atoms with Crippen LogP contribution in [-0.4, -0.2) is 35.6 Å². The van der Waals surface area contributed by atoms with Gasteiger partial charge >= 0.3 is 0 Å². The van der Waals surface area contributed by atoms with Gasteiger partial charge in [-0.15, -0.1) is 23.1 Å². The van der Waals surface area contributed by atoms with Gasteiger partial charge in [-0.05, 0) is 60.2 Å². The van der Waals surface area contributed by atoms with Gasteiger partial charge in [-0.3, -0.25) is 14.4 Å². The van der Waals surface area contributed by atoms with E-state index >= 15 is 0 Å². The third-order valence-corrected chi connectivity index (χ3v) is 8.02. The largest absolute Gasteiger partial charge is 0.496 e. The van der Waals surface area contributed by atoms with Gasteiger partial charge in [0.2, 0.25) is 5.91 Å². The Bertz CT molecular complexity index is 1770. The van der Waals surface area contributed by atoms with Crippen molar-refractivity contribution >= 4 is 57.7 Å². The molecule has 10 heteroatoms. The molecule has 44 heavy (non-hydrogen) atoms. The summed E-state index contributed by atoms with van der Waals surface area (Å²) in [6.07, 6.45) is 1.63. The second kappa shape index (κ2) is 14.8. The van der Waals surface area contributed by atoms with E-state index in [0.29, 0.717) is 22.1 Å². The van der Waals surface area contributed by atoms with Crippen LogP contribution in [0.1, 0.15) is 15.9 Å². The van der Waals surface area contributed by atoms with Crippen molar-refractivity contribution in [3.05, 3.63) is 131 Å². The van der Waals surface area contributed by atoms with Crippen LogP contribution in [0.5, 0.6) is 5.75 Å². The molecule has 4 aromatic carbocycles. The number of carbonyl (C=O) groups excluding carboxylic acids is 3. The van der Waals surface area contributed by atoms with Crippen molar-refractivity contribution in [1.82, 2.24) is 10.3 Å². The highest BCUT2D eigenvalue weighted by Gasteiger charge is 2.16. The number of hydrogen-bond acceptors (Lipinski definition) is 7. The number of para-hydroxylation sites is 1. The second-order valence-electron chi connectivity index (χ2n) is 9.34. The lowest BCUT2D eigenvalue weighted by Gasteiger charge is -2.12. The van der Waals surface area contributed by atoms with Gasteiger partial charge in [-0.2, -0.15) is 0 Å². The molecule has 0 bridgehead atoms. The lowest BCUT2D eigenvalue weighted by atomic mass is 10.1. The summed E-state index contributed by atoms with van der Waals surface area (Å²) in [5.41, 5.74) is 3.45. The van der Waals surface area contributed by atoms with Gasteiger partial charge in [0.1, 0.15) is 11.4 Å². The van der Waals surface area contributed by atoms with Gasteiger partial charge in [0, 0.05) is 27.1 Å². The number of anilines is 2. The van der Waals surface area contributed by atoms with Crippen molar-refractivity contribution in [2.24, 2.45) is 0 Å². The maximum Gasteiger partial charge on any atom is 0.272 e. The Hall–Kier alpha value is -5.19. The van der Waals surface area contributed by atoms with Crippen molar-refractivity contribution in [1.29, 1.82) is 0 Å². The molecule has 0 aliphatic heterocycles. The highest BCUT2D eigenvalue weighted by atomic mass is 32.2. The molecule has 0 saturated heterocycles. The van der Waals surface area contributed by atoms with E-state index < -0.39 is 5.91 Å². The predicted molar refractivity (Wildman–Crippen MR) is 177 cm³/mol. The molecule has 0 atom stereocenters. The number of ether oxygens (including phenoxy) is 1. The van der Waals surface area contributed by atoms with Crippen molar-refractivity contribution < 1.29 is 19.1 Å². The standard InChI is InChI=1S/C34H28N4O4S2/c1-42-30-15-9-8-14-27(30)29-21-44-34(37-29)38-31(39)22-43-26-18-16-25(17-19-26)35-33(41)28(20-23-10-4-2-5-11-23)36-32(40)24-12-6-3-7-13-24/h2-21H,22H2,1H3,(H,35,41)(H,36,40)(H,37,38,39)/b28-20-. The maximum atomic E-state index is 13.2. The minimum atomic E-state index is -0.464. The molecule has 1 heterocycles. The molecule has 3 N–H and O–H groups in total. The number of amides is 3. The monoisotopic (exact) mass is 620 g/mol. The third kappa shape index (κ3) is 8.21. The second-order valence-corrected chi connectivity index (χ2v) is 11.2. The molecule has 8 nitrogen and oxygen atoms in total. The SMILES string of the molecule is COc1ccccc1-c1csc(NC(=O)CSc2ccc(NC(=O)/C(=C/c3ccccc3)NC(=O)c3ccccc3)cc2)n1. The van der Waals surface area contributed by atoms with Crippen LogP contribution in [0.4, 0.5) is 10.8 Å². The Morgan fingerprint density at radius 3 is 2.25 bits per heavy atom. The van der Waals surface area contributed by atoms with Crippen LogP contribution in [0.3, 0.4) is 0 Å². The first-order valence-electron chi connectivity index (χ1n) is 13.5. The number of nitrogens with zero attached hydrogens (tertiary/aromatic N) is 1. The number of thiazole rings is 1. The quantitative estimate of drug-likeness (QED) is 0.109. The fourth-order valence-electron chi connectivity index (χ4n) is 4.11. The summed E-state index contributed by atoms with van der Waals surface area (Å²) in [6.45, 7) is 0. The summed E-state index contributed by atoms with van der Waals surface area (Å²) < 4.78 is 5.41. The molecular formula is C34H28N4O4S2. The smallest absolute Gasteiger partial charge is 0.272 e. The molecule has 3 amide bonds. The maximum absolute atomic E-state index is 13.2. The number of nitrogens with one attached hydrogen (secondary N) is 3. The number of thioether (sulfide) groups is 1. The summed E-state index contributed by atoms with van der Waals surface area (Å²) in [4.78, 5) is 44.0. The average Bonchev–Trinajstić information content (AvgIpc) is 3.53. The molecule has 0 unspecified atom stereocenters. The molecule has 5 aromatic rings. The molecule has 0 aliphatic rings. The van der Waals surface area contributed by atoms with E-state index in [0.717, 1.165) is 21.7 Å². The Kier molecular flexibility index (Phi) is 10.2. The fraction of sp³-hybridized carbons (Fsp3) is 0.0588. The number of rotatable bonds is 11. The minimum Gasteiger partial charge on any atom is -0.496 e. The van der Waals surface area contributed by atoms with E-state index in [4.69, 9.17) is 4.74 Å². The predicted octanol–water partition coefficient (Wildman–Crippen LogP) is 6.96. The van der Waals surface area contributed by atoms with Crippen molar-refractivity contribution in [3.63, 3.8) is 0 Å². The van der Waals surface area contributed by atoms with Gasteiger partial charge in [0.05, 0.1) is 18.6 Å². The first-order chi connectivity index (χ1) is 21.5. The summed E-state index contributed by atoms with van der Waals surface area (Å²) in [5.74, 6) is -0.134. The third-order valence-electron chi connectivity index (χ3n) is 6.25. The van der Waals surface area contributed by atoms with E-state index in [-0.39, 0.29) is 23.3 Å². The number of hydrogen-bond donors (Lipinski definition) is 3. The van der Waals surface area contributed by atoms with E-state index in [2.05, 4.69) is 20.9 Å².